The SMILES string of the molecule is CC(CC(=O)O)NC(=O)Cn1ccc2ccc(Cl)cc21. The van der Waals surface area contributed by atoms with Gasteiger partial charge in [0.2, 0.25) is 5.91 Å². The smallest absolute Gasteiger partial charge is 0.305 e. The van der Waals surface area contributed by atoms with Gasteiger partial charge in [-0.05, 0) is 30.5 Å². The van der Waals surface area contributed by atoms with Gasteiger partial charge in [0.1, 0.15) is 6.54 Å². The summed E-state index contributed by atoms with van der Waals surface area (Å²) in [6.07, 6.45) is 1.71. The van der Waals surface area contributed by atoms with Gasteiger partial charge in [-0.15, -0.1) is 0 Å². The average molecular weight is 295 g/mol. The second-order valence-corrected chi connectivity index (χ2v) is 5.15. The van der Waals surface area contributed by atoms with Gasteiger partial charge in [0.15, 0.2) is 0 Å². The van der Waals surface area contributed by atoms with E-state index in [2.05, 4.69) is 5.32 Å². The number of fused-ring (bicyclic) bond motifs is 1. The summed E-state index contributed by atoms with van der Waals surface area (Å²) in [4.78, 5) is 22.4. The van der Waals surface area contributed by atoms with Gasteiger partial charge in [0, 0.05) is 22.8 Å². The number of rotatable bonds is 5. The van der Waals surface area contributed by atoms with Crippen LogP contribution in [-0.4, -0.2) is 27.6 Å². The first-order chi connectivity index (χ1) is 9.45. The van der Waals surface area contributed by atoms with Crippen LogP contribution in [0.3, 0.4) is 0 Å². The Labute approximate surface area is 121 Å². The summed E-state index contributed by atoms with van der Waals surface area (Å²) in [6.45, 7) is 1.80. The number of carbonyl (C=O) groups excluding carboxylic acids is 1. The van der Waals surface area contributed by atoms with Crippen molar-refractivity contribution in [3.63, 3.8) is 0 Å². The van der Waals surface area contributed by atoms with Crippen molar-refractivity contribution >= 4 is 34.4 Å². The van der Waals surface area contributed by atoms with Crippen LogP contribution in [0.25, 0.3) is 10.9 Å². The van der Waals surface area contributed by atoms with Crippen molar-refractivity contribution in [3.8, 4) is 0 Å². The van der Waals surface area contributed by atoms with E-state index in [1.165, 1.54) is 0 Å². The van der Waals surface area contributed by atoms with E-state index in [9.17, 15) is 9.59 Å². The fourth-order valence-corrected chi connectivity index (χ4v) is 2.25. The van der Waals surface area contributed by atoms with Crippen molar-refractivity contribution in [1.29, 1.82) is 0 Å². The highest BCUT2D eigenvalue weighted by molar-refractivity contribution is 6.31. The van der Waals surface area contributed by atoms with Gasteiger partial charge in [-0.1, -0.05) is 17.7 Å². The fraction of sp³-hybridized carbons (Fsp3) is 0.286. The standard InChI is InChI=1S/C14H15ClN2O3/c1-9(6-14(19)20)16-13(18)8-17-5-4-10-2-3-11(15)7-12(10)17/h2-5,7,9H,6,8H2,1H3,(H,16,18)(H,19,20). The number of aliphatic carboxylic acids is 1. The van der Waals surface area contributed by atoms with Crippen molar-refractivity contribution in [3.05, 3.63) is 35.5 Å². The molecule has 2 aromatic rings. The van der Waals surface area contributed by atoms with Gasteiger partial charge in [0.05, 0.1) is 6.42 Å². The van der Waals surface area contributed by atoms with Crippen LogP contribution in [0.5, 0.6) is 0 Å². The summed E-state index contributed by atoms with van der Waals surface area (Å²) in [5.41, 5.74) is 0.874. The molecule has 5 nitrogen and oxygen atoms in total. The lowest BCUT2D eigenvalue weighted by molar-refractivity contribution is -0.137. The number of carboxylic acid groups (broad SMARTS) is 1. The van der Waals surface area contributed by atoms with Crippen molar-refractivity contribution in [2.75, 3.05) is 0 Å². The third-order valence-corrected chi connectivity index (χ3v) is 3.17. The van der Waals surface area contributed by atoms with Crippen LogP contribution in [0.2, 0.25) is 5.02 Å². The number of amides is 1. The molecule has 1 atom stereocenters. The van der Waals surface area contributed by atoms with Gasteiger partial charge in [-0.2, -0.15) is 0 Å². The maximum Gasteiger partial charge on any atom is 0.305 e. The van der Waals surface area contributed by atoms with Crippen LogP contribution < -0.4 is 5.32 Å². The number of benzene rings is 1. The highest BCUT2D eigenvalue weighted by Gasteiger charge is 2.12. The highest BCUT2D eigenvalue weighted by Crippen LogP contribution is 2.20. The van der Waals surface area contributed by atoms with Crippen LogP contribution >= 0.6 is 11.6 Å². The third kappa shape index (κ3) is 3.51. The minimum atomic E-state index is -0.934. The largest absolute Gasteiger partial charge is 0.481 e. The number of hydrogen-bond acceptors (Lipinski definition) is 2. The number of halogens is 1. The van der Waals surface area contributed by atoms with Crippen LogP contribution in [0.15, 0.2) is 30.5 Å². The summed E-state index contributed by atoms with van der Waals surface area (Å²) in [5, 5.41) is 12.9. The van der Waals surface area contributed by atoms with E-state index in [-0.39, 0.29) is 18.9 Å². The molecule has 0 aliphatic rings. The maximum absolute atomic E-state index is 11.9. The maximum atomic E-state index is 11.9. The third-order valence-electron chi connectivity index (χ3n) is 2.94. The Balaban J connectivity index is 2.06. The van der Waals surface area contributed by atoms with Gasteiger partial charge in [-0.25, -0.2) is 0 Å². The zero-order valence-corrected chi connectivity index (χ0v) is 11.7. The molecule has 0 bridgehead atoms. The Hall–Kier alpha value is -2.01. The van der Waals surface area contributed by atoms with E-state index < -0.39 is 12.0 Å². The number of aromatic nitrogens is 1. The Bertz CT molecular complexity index is 651. The quantitative estimate of drug-likeness (QED) is 0.888. The minimum absolute atomic E-state index is 0.0933. The predicted octanol–water partition coefficient (Wildman–Crippen LogP) is 2.27. The Kier molecular flexibility index (Phi) is 4.29. The molecule has 2 N–H and O–H groups in total. The Morgan fingerprint density at radius 2 is 2.15 bits per heavy atom. The van der Waals surface area contributed by atoms with Crippen LogP contribution in [0.1, 0.15) is 13.3 Å². The second kappa shape index (κ2) is 5.96. The van der Waals surface area contributed by atoms with Crippen LogP contribution in [0, 0.1) is 0 Å². The summed E-state index contributed by atoms with van der Waals surface area (Å²) in [6, 6.07) is 6.98. The predicted molar refractivity (Wildman–Crippen MR) is 76.8 cm³/mol. The fourth-order valence-electron chi connectivity index (χ4n) is 2.08. The molecule has 0 aliphatic heterocycles. The first-order valence-electron chi connectivity index (χ1n) is 6.21. The first kappa shape index (κ1) is 14.4. The molecule has 0 fully saturated rings. The molecule has 2 rings (SSSR count). The molecule has 1 aromatic carbocycles. The zero-order chi connectivity index (χ0) is 14.7. The van der Waals surface area contributed by atoms with Crippen molar-refractivity contribution in [2.24, 2.45) is 0 Å². The summed E-state index contributed by atoms with van der Waals surface area (Å²) >= 11 is 5.95. The Morgan fingerprint density at radius 1 is 1.40 bits per heavy atom. The molecule has 20 heavy (non-hydrogen) atoms. The van der Waals surface area contributed by atoms with E-state index in [1.807, 2.05) is 18.3 Å². The lowest BCUT2D eigenvalue weighted by Crippen LogP contribution is -2.36. The number of nitrogens with zero attached hydrogens (tertiary/aromatic N) is 1. The number of carbonyl (C=O) groups is 2. The molecule has 0 spiro atoms. The molecule has 1 aromatic heterocycles. The molecule has 1 unspecified atom stereocenters. The molecule has 106 valence electrons. The van der Waals surface area contributed by atoms with Gasteiger partial charge in [0.25, 0.3) is 0 Å². The molecule has 0 radical (unpaired) electrons. The molecular formula is C14H15ClN2O3. The number of nitrogens with one attached hydrogen (secondary N) is 1. The zero-order valence-electron chi connectivity index (χ0n) is 11.0. The molecule has 0 saturated heterocycles. The second-order valence-electron chi connectivity index (χ2n) is 4.71. The van der Waals surface area contributed by atoms with Gasteiger partial charge in [-0.3, -0.25) is 9.59 Å². The van der Waals surface area contributed by atoms with Crippen LogP contribution in [0.4, 0.5) is 0 Å². The lowest BCUT2D eigenvalue weighted by Gasteiger charge is -2.12. The lowest BCUT2D eigenvalue weighted by atomic mass is 10.2. The number of hydrogen-bond donors (Lipinski definition) is 2. The summed E-state index contributed by atoms with van der Waals surface area (Å²) in [7, 11) is 0. The Morgan fingerprint density at radius 3 is 2.85 bits per heavy atom. The first-order valence-corrected chi connectivity index (χ1v) is 6.59. The van der Waals surface area contributed by atoms with Gasteiger partial charge >= 0.3 is 5.97 Å². The average Bonchev–Trinajstić information content (AvgIpc) is 2.70. The molecule has 0 saturated carbocycles. The van der Waals surface area contributed by atoms with Crippen molar-refractivity contribution < 1.29 is 14.7 Å². The summed E-state index contributed by atoms with van der Waals surface area (Å²) < 4.78 is 1.78. The highest BCUT2D eigenvalue weighted by atomic mass is 35.5. The molecule has 0 aliphatic carbocycles. The van der Waals surface area contributed by atoms with E-state index in [0.29, 0.717) is 5.02 Å². The van der Waals surface area contributed by atoms with E-state index >= 15 is 0 Å². The normalized spacial score (nSPS) is 12.3. The minimum Gasteiger partial charge on any atom is -0.481 e. The monoisotopic (exact) mass is 294 g/mol. The van der Waals surface area contributed by atoms with E-state index in [0.717, 1.165) is 10.9 Å². The van der Waals surface area contributed by atoms with Crippen LogP contribution in [-0.2, 0) is 16.1 Å². The molecule has 1 heterocycles. The van der Waals surface area contributed by atoms with Gasteiger partial charge < -0.3 is 15.0 Å². The van der Waals surface area contributed by atoms with E-state index in [4.69, 9.17) is 16.7 Å². The van der Waals surface area contributed by atoms with Crippen molar-refractivity contribution in [2.45, 2.75) is 25.9 Å². The summed E-state index contributed by atoms with van der Waals surface area (Å²) in [5.74, 6) is -1.16. The molecular weight excluding hydrogens is 280 g/mol. The topological polar surface area (TPSA) is 71.3 Å². The number of carboxylic acids is 1. The van der Waals surface area contributed by atoms with Crippen molar-refractivity contribution in [1.82, 2.24) is 9.88 Å². The molecule has 1 amide bonds. The molecule has 6 heteroatoms. The van der Waals surface area contributed by atoms with E-state index in [1.54, 1.807) is 23.6 Å².